The lowest BCUT2D eigenvalue weighted by Gasteiger charge is -1.95. The van der Waals surface area contributed by atoms with Crippen LogP contribution in [0, 0.1) is 4.91 Å². The van der Waals surface area contributed by atoms with E-state index in [-0.39, 0.29) is 18.1 Å². The fourth-order valence-corrected chi connectivity index (χ4v) is 1.14. The van der Waals surface area contributed by atoms with E-state index in [2.05, 4.69) is 5.18 Å². The van der Waals surface area contributed by atoms with Gasteiger partial charge in [0, 0.05) is 6.07 Å². The number of hydrogen-bond acceptors (Lipinski definition) is 4. The first kappa shape index (κ1) is 6.97. The maximum Gasteiger partial charge on any atom is 0.203 e. The monoisotopic (exact) mass is 163 g/mol. The van der Waals surface area contributed by atoms with Crippen LogP contribution in [0.15, 0.2) is 23.4 Å². The highest BCUT2D eigenvalue weighted by molar-refractivity contribution is 6.02. The molecule has 4 heteroatoms. The van der Waals surface area contributed by atoms with Gasteiger partial charge in [0.1, 0.15) is 11.4 Å². The molecule has 0 aliphatic carbocycles. The molecule has 0 saturated carbocycles. The Morgan fingerprint density at radius 2 is 2.25 bits per heavy atom. The Hall–Kier alpha value is -1.71. The van der Waals surface area contributed by atoms with Gasteiger partial charge in [-0.05, 0) is 17.3 Å². The van der Waals surface area contributed by atoms with Crippen molar-refractivity contribution >= 4 is 11.5 Å². The molecule has 4 nitrogen and oxygen atoms in total. The van der Waals surface area contributed by atoms with Crippen LogP contribution in [0.2, 0.25) is 0 Å². The third-order valence-corrected chi connectivity index (χ3v) is 1.73. The van der Waals surface area contributed by atoms with E-state index < -0.39 is 0 Å². The van der Waals surface area contributed by atoms with E-state index in [0.29, 0.717) is 11.3 Å². The lowest BCUT2D eigenvalue weighted by molar-refractivity contribution is 0.0961. The summed E-state index contributed by atoms with van der Waals surface area (Å²) in [7, 11) is 0. The van der Waals surface area contributed by atoms with E-state index in [9.17, 15) is 9.70 Å². The zero-order chi connectivity index (χ0) is 8.55. The first-order valence-corrected chi connectivity index (χ1v) is 3.44. The van der Waals surface area contributed by atoms with Gasteiger partial charge in [-0.15, -0.1) is 4.91 Å². The smallest absolute Gasteiger partial charge is 0.203 e. The van der Waals surface area contributed by atoms with Gasteiger partial charge in [-0.25, -0.2) is 0 Å². The second-order valence-electron chi connectivity index (χ2n) is 2.48. The third kappa shape index (κ3) is 0.887. The van der Waals surface area contributed by atoms with E-state index in [1.807, 2.05) is 0 Å². The van der Waals surface area contributed by atoms with Crippen molar-refractivity contribution in [2.45, 2.75) is 0 Å². The summed E-state index contributed by atoms with van der Waals surface area (Å²) in [6, 6.07) is 4.52. The van der Waals surface area contributed by atoms with Crippen LogP contribution in [0.1, 0.15) is 10.4 Å². The summed E-state index contributed by atoms with van der Waals surface area (Å²) in [5.74, 6) is 0.402. The Kier molecular flexibility index (Phi) is 1.40. The molecular formula is C8H5NO3. The topological polar surface area (TPSA) is 55.7 Å². The number of ether oxygens (including phenoxy) is 1. The van der Waals surface area contributed by atoms with Gasteiger partial charge in [0.05, 0.1) is 5.56 Å². The summed E-state index contributed by atoms with van der Waals surface area (Å²) < 4.78 is 5.00. The second-order valence-corrected chi connectivity index (χ2v) is 2.48. The molecular weight excluding hydrogens is 158 g/mol. The molecule has 0 spiro atoms. The number of hydrogen-bond donors (Lipinski definition) is 0. The van der Waals surface area contributed by atoms with Gasteiger partial charge in [0.2, 0.25) is 5.78 Å². The minimum atomic E-state index is -0.0533. The molecule has 1 heterocycles. The van der Waals surface area contributed by atoms with Gasteiger partial charge in [-0.1, -0.05) is 0 Å². The van der Waals surface area contributed by atoms with Crippen LogP contribution in [0.25, 0.3) is 0 Å². The Morgan fingerprint density at radius 3 is 3.00 bits per heavy atom. The van der Waals surface area contributed by atoms with Gasteiger partial charge in [0.25, 0.3) is 0 Å². The van der Waals surface area contributed by atoms with Crippen LogP contribution < -0.4 is 4.74 Å². The highest BCUT2D eigenvalue weighted by Gasteiger charge is 2.20. The number of carbonyl (C=O) groups excluding carboxylic acids is 1. The normalized spacial score (nSPS) is 13.8. The molecule has 60 valence electrons. The van der Waals surface area contributed by atoms with Crippen molar-refractivity contribution in [1.29, 1.82) is 0 Å². The molecule has 1 aromatic carbocycles. The summed E-state index contributed by atoms with van der Waals surface area (Å²) >= 11 is 0. The first-order valence-electron chi connectivity index (χ1n) is 3.44. The highest BCUT2D eigenvalue weighted by atomic mass is 16.5. The van der Waals surface area contributed by atoms with Gasteiger partial charge >= 0.3 is 0 Å². The van der Waals surface area contributed by atoms with Crippen molar-refractivity contribution < 1.29 is 9.53 Å². The zero-order valence-corrected chi connectivity index (χ0v) is 6.11. The Morgan fingerprint density at radius 1 is 1.42 bits per heavy atom. The molecule has 1 aromatic rings. The van der Waals surface area contributed by atoms with Crippen molar-refractivity contribution in [1.82, 2.24) is 0 Å². The molecule has 0 saturated heterocycles. The number of carbonyl (C=O) groups is 1. The summed E-state index contributed by atoms with van der Waals surface area (Å²) in [6.07, 6.45) is 0. The van der Waals surface area contributed by atoms with Crippen molar-refractivity contribution in [3.63, 3.8) is 0 Å². The van der Waals surface area contributed by atoms with E-state index in [0.717, 1.165) is 0 Å². The number of benzene rings is 1. The Labute approximate surface area is 68.1 Å². The zero-order valence-electron chi connectivity index (χ0n) is 6.11. The summed E-state index contributed by atoms with van der Waals surface area (Å²) in [4.78, 5) is 21.1. The standard InChI is InChI=1S/C8H5NO3/c10-7-4-12-8-3-5(9-11)1-2-6(7)8/h1-3H,4H2. The summed E-state index contributed by atoms with van der Waals surface area (Å²) in [5.41, 5.74) is 0.811. The van der Waals surface area contributed by atoms with E-state index >= 15 is 0 Å². The van der Waals surface area contributed by atoms with Crippen LogP contribution in [-0.2, 0) is 0 Å². The minimum absolute atomic E-state index is 0.0533. The molecule has 0 radical (unpaired) electrons. The molecule has 0 amide bonds. The number of Topliss-reactive ketones (excluding diaryl/α,β-unsaturated/α-hetero) is 1. The number of ketones is 1. The number of fused-ring (bicyclic) bond motifs is 1. The molecule has 0 fully saturated rings. The number of nitroso groups, excluding NO2 is 1. The highest BCUT2D eigenvalue weighted by Crippen LogP contribution is 2.29. The molecule has 2 rings (SSSR count). The van der Waals surface area contributed by atoms with Crippen LogP contribution >= 0.6 is 0 Å². The number of nitrogens with zero attached hydrogens (tertiary/aromatic N) is 1. The van der Waals surface area contributed by atoms with Crippen molar-refractivity contribution in [2.24, 2.45) is 5.18 Å². The average Bonchev–Trinajstić information content (AvgIpc) is 2.47. The molecule has 0 aromatic heterocycles. The lowest BCUT2D eigenvalue weighted by Crippen LogP contribution is -1.98. The summed E-state index contributed by atoms with van der Waals surface area (Å²) in [6.45, 7) is 0.0671. The third-order valence-electron chi connectivity index (χ3n) is 1.73. The van der Waals surface area contributed by atoms with E-state index in [1.54, 1.807) is 6.07 Å². The van der Waals surface area contributed by atoms with Crippen LogP contribution in [0.3, 0.4) is 0 Å². The first-order chi connectivity index (χ1) is 5.81. The molecule has 1 aliphatic rings. The quantitative estimate of drug-likeness (QED) is 0.591. The molecule has 0 N–H and O–H groups in total. The van der Waals surface area contributed by atoms with Crippen molar-refractivity contribution in [2.75, 3.05) is 6.61 Å². The largest absolute Gasteiger partial charge is 0.485 e. The number of rotatable bonds is 1. The average molecular weight is 163 g/mol. The second kappa shape index (κ2) is 2.41. The van der Waals surface area contributed by atoms with Crippen molar-refractivity contribution in [3.05, 3.63) is 28.7 Å². The van der Waals surface area contributed by atoms with Crippen molar-refractivity contribution in [3.8, 4) is 5.75 Å². The maximum absolute atomic E-state index is 11.0. The Bertz CT molecular complexity index is 359. The van der Waals surface area contributed by atoms with E-state index in [4.69, 9.17) is 4.74 Å². The molecule has 1 aliphatic heterocycles. The Balaban J connectivity index is 2.55. The van der Waals surface area contributed by atoms with Crippen LogP contribution in [0.5, 0.6) is 5.75 Å². The minimum Gasteiger partial charge on any atom is -0.485 e. The van der Waals surface area contributed by atoms with Gasteiger partial charge < -0.3 is 4.74 Å². The van der Waals surface area contributed by atoms with Gasteiger partial charge in [0.15, 0.2) is 6.61 Å². The molecule has 0 bridgehead atoms. The fraction of sp³-hybridized carbons (Fsp3) is 0.125. The lowest BCUT2D eigenvalue weighted by atomic mass is 10.1. The molecule has 0 atom stereocenters. The fourth-order valence-electron chi connectivity index (χ4n) is 1.14. The van der Waals surface area contributed by atoms with Gasteiger partial charge in [-0.2, -0.15) is 0 Å². The predicted molar refractivity (Wildman–Crippen MR) is 41.7 cm³/mol. The van der Waals surface area contributed by atoms with E-state index in [1.165, 1.54) is 12.1 Å². The SMILES string of the molecule is O=Nc1ccc2c(c1)OCC2=O. The van der Waals surface area contributed by atoms with Crippen LogP contribution in [0.4, 0.5) is 5.69 Å². The molecule has 12 heavy (non-hydrogen) atoms. The maximum atomic E-state index is 11.0. The summed E-state index contributed by atoms with van der Waals surface area (Å²) in [5, 5.41) is 2.73. The van der Waals surface area contributed by atoms with Crippen LogP contribution in [-0.4, -0.2) is 12.4 Å². The van der Waals surface area contributed by atoms with Gasteiger partial charge in [-0.3, -0.25) is 4.79 Å². The molecule has 0 unspecified atom stereocenters. The predicted octanol–water partition coefficient (Wildman–Crippen LogP) is 1.66.